The second-order valence-corrected chi connectivity index (χ2v) is 15.4. The Labute approximate surface area is 284 Å². The molecule has 8 atom stereocenters. The van der Waals surface area contributed by atoms with E-state index in [1.165, 1.54) is 0 Å². The summed E-state index contributed by atoms with van der Waals surface area (Å²) >= 11 is 3.64. The highest BCUT2D eigenvalue weighted by Gasteiger charge is 2.59. The molecule has 0 radical (unpaired) electrons. The lowest BCUT2D eigenvalue weighted by Crippen LogP contribution is -2.45. The summed E-state index contributed by atoms with van der Waals surface area (Å²) in [6, 6.07) is 0. The van der Waals surface area contributed by atoms with Crippen molar-refractivity contribution in [1.82, 2.24) is 0 Å². The molecule has 0 aromatic carbocycles. The van der Waals surface area contributed by atoms with Crippen molar-refractivity contribution in [2.75, 3.05) is 26.4 Å². The summed E-state index contributed by atoms with van der Waals surface area (Å²) in [6.07, 6.45) is 6.82. The monoisotopic (exact) mass is 842 g/mol. The minimum atomic E-state index is -0.782. The fourth-order valence-corrected chi connectivity index (χ4v) is 8.22. The highest BCUT2D eigenvalue weighted by Crippen LogP contribution is 2.55. The fourth-order valence-electron chi connectivity index (χ4n) is 7.94. The summed E-state index contributed by atoms with van der Waals surface area (Å²) in [5.41, 5.74) is 0. The van der Waals surface area contributed by atoms with E-state index in [9.17, 15) is 14.4 Å². The zero-order valence-electron chi connectivity index (χ0n) is 24.7. The Balaban J connectivity index is 1.06. The number of esters is 2. The van der Waals surface area contributed by atoms with E-state index >= 15 is 0 Å². The zero-order chi connectivity index (χ0) is 31.1. The standard InChI is InChI=1S/C31H40I2O11/c1-18(32)27(35)37-14-21(34)12-22-15-40-31(42-22)10-5-6-23(31)20-7-11-30(13-20)39-17-25(44-30)26(41-28(36)19(2)33)24-16-38-29(43-24)8-3-4-9-29/h20,22-26H,1-17H2. The fraction of sp³-hybridized carbons (Fsp3) is 0.774. The molecule has 3 aliphatic carbocycles. The van der Waals surface area contributed by atoms with Crippen molar-refractivity contribution >= 4 is 62.9 Å². The predicted molar refractivity (Wildman–Crippen MR) is 171 cm³/mol. The zero-order valence-corrected chi connectivity index (χ0v) is 29.0. The molecule has 3 saturated heterocycles. The summed E-state index contributed by atoms with van der Waals surface area (Å²) in [4.78, 5) is 36.8. The second-order valence-electron chi connectivity index (χ2n) is 12.8. The molecular formula is C31H40I2O11. The third-order valence-electron chi connectivity index (χ3n) is 9.88. The first-order valence-electron chi connectivity index (χ1n) is 15.5. The summed E-state index contributed by atoms with van der Waals surface area (Å²) < 4.78 is 49.8. The van der Waals surface area contributed by atoms with Crippen LogP contribution >= 0.6 is 45.2 Å². The average molecular weight is 842 g/mol. The first kappa shape index (κ1) is 33.2. The number of halogens is 2. The Hall–Kier alpha value is -0.690. The number of ketones is 1. The van der Waals surface area contributed by atoms with Crippen molar-refractivity contribution in [3.63, 3.8) is 0 Å². The molecule has 6 rings (SSSR count). The van der Waals surface area contributed by atoms with E-state index in [0.717, 1.165) is 51.4 Å². The Kier molecular flexibility index (Phi) is 10.1. The van der Waals surface area contributed by atoms with E-state index in [0.29, 0.717) is 26.1 Å². The first-order valence-corrected chi connectivity index (χ1v) is 17.7. The van der Waals surface area contributed by atoms with Gasteiger partial charge in [0.05, 0.1) is 33.1 Å². The molecule has 11 nitrogen and oxygen atoms in total. The predicted octanol–water partition coefficient (Wildman–Crippen LogP) is 4.81. The Bertz CT molecular complexity index is 1170. The lowest BCUT2D eigenvalue weighted by molar-refractivity contribution is -0.215. The highest BCUT2D eigenvalue weighted by atomic mass is 127. The molecule has 6 aliphatic rings. The van der Waals surface area contributed by atoms with Crippen LogP contribution in [0.5, 0.6) is 0 Å². The molecular weight excluding hydrogens is 802 g/mol. The third-order valence-corrected chi connectivity index (χ3v) is 10.8. The third kappa shape index (κ3) is 6.95. The van der Waals surface area contributed by atoms with Crippen LogP contribution in [0, 0.1) is 11.8 Å². The van der Waals surface area contributed by atoms with Crippen molar-refractivity contribution < 1.29 is 52.3 Å². The van der Waals surface area contributed by atoms with Gasteiger partial charge in [-0.05, 0) is 83.2 Å². The number of carbonyl (C=O) groups excluding carboxylic acids is 3. The van der Waals surface area contributed by atoms with Crippen LogP contribution in [0.15, 0.2) is 20.3 Å². The van der Waals surface area contributed by atoms with E-state index in [2.05, 4.69) is 13.2 Å². The molecule has 0 aromatic rings. The van der Waals surface area contributed by atoms with Crippen LogP contribution < -0.4 is 0 Å². The topological polar surface area (TPSA) is 125 Å². The quantitative estimate of drug-likeness (QED) is 0.171. The van der Waals surface area contributed by atoms with Crippen LogP contribution in [0.2, 0.25) is 0 Å². The molecule has 0 aromatic heterocycles. The molecule has 244 valence electrons. The van der Waals surface area contributed by atoms with Crippen LogP contribution in [-0.2, 0) is 52.3 Å². The molecule has 3 heterocycles. The molecule has 3 aliphatic heterocycles. The van der Waals surface area contributed by atoms with Gasteiger partial charge in [-0.1, -0.05) is 13.2 Å². The number of hydrogen-bond acceptors (Lipinski definition) is 11. The molecule has 44 heavy (non-hydrogen) atoms. The normalized spacial score (nSPS) is 38.1. The van der Waals surface area contributed by atoms with Gasteiger partial charge in [-0.15, -0.1) is 0 Å². The van der Waals surface area contributed by atoms with Gasteiger partial charge < -0.3 is 37.9 Å². The summed E-state index contributed by atoms with van der Waals surface area (Å²) in [7, 11) is 0. The van der Waals surface area contributed by atoms with Crippen LogP contribution in [0.25, 0.3) is 0 Å². The maximum Gasteiger partial charge on any atom is 0.344 e. The van der Waals surface area contributed by atoms with E-state index < -0.39 is 47.6 Å². The van der Waals surface area contributed by atoms with Gasteiger partial charge in [0.1, 0.15) is 18.8 Å². The summed E-state index contributed by atoms with van der Waals surface area (Å²) in [5.74, 6) is -3.04. The van der Waals surface area contributed by atoms with Crippen molar-refractivity contribution in [3.8, 4) is 0 Å². The number of carbonyl (C=O) groups is 3. The number of Topliss-reactive ketones (excluding diaryl/α,β-unsaturated/α-hetero) is 1. The van der Waals surface area contributed by atoms with E-state index in [4.69, 9.17) is 37.9 Å². The SMILES string of the molecule is C=C(I)C(=O)OCC(=O)CC1COC2(CCCC2C2CCC3(C2)OCC(C(OC(=O)C(=C)I)C2COC4(CCCC4)O2)O3)O1. The number of hydrogen-bond donors (Lipinski definition) is 0. The maximum atomic E-state index is 12.7. The van der Waals surface area contributed by atoms with E-state index in [1.807, 2.05) is 22.6 Å². The van der Waals surface area contributed by atoms with Gasteiger partial charge >= 0.3 is 11.9 Å². The minimum Gasteiger partial charge on any atom is -0.454 e. The summed E-state index contributed by atoms with van der Waals surface area (Å²) in [5, 5.41) is 0. The second kappa shape index (κ2) is 13.4. The molecule has 0 amide bonds. The molecule has 8 unspecified atom stereocenters. The Morgan fingerprint density at radius 2 is 1.48 bits per heavy atom. The van der Waals surface area contributed by atoms with Crippen LogP contribution in [-0.4, -0.2) is 85.9 Å². The molecule has 3 saturated carbocycles. The molecule has 6 fully saturated rings. The molecule has 0 bridgehead atoms. The molecule has 13 heteroatoms. The van der Waals surface area contributed by atoms with Crippen molar-refractivity contribution in [2.24, 2.45) is 11.8 Å². The molecule has 0 N–H and O–H groups in total. The van der Waals surface area contributed by atoms with Gasteiger partial charge in [-0.2, -0.15) is 0 Å². The van der Waals surface area contributed by atoms with Crippen LogP contribution in [0.1, 0.15) is 70.6 Å². The maximum absolute atomic E-state index is 12.7. The number of rotatable bonds is 10. The van der Waals surface area contributed by atoms with Crippen LogP contribution in [0.4, 0.5) is 0 Å². The summed E-state index contributed by atoms with van der Waals surface area (Å²) in [6.45, 7) is 7.90. The van der Waals surface area contributed by atoms with Gasteiger partial charge in [-0.25, -0.2) is 9.59 Å². The number of ether oxygens (including phenoxy) is 8. The van der Waals surface area contributed by atoms with E-state index in [1.54, 1.807) is 22.6 Å². The largest absolute Gasteiger partial charge is 0.454 e. The molecule has 3 spiro atoms. The van der Waals surface area contributed by atoms with Gasteiger partial charge in [0, 0.05) is 44.4 Å². The van der Waals surface area contributed by atoms with Gasteiger partial charge in [0.25, 0.3) is 0 Å². The smallest absolute Gasteiger partial charge is 0.344 e. The lowest BCUT2D eigenvalue weighted by atomic mass is 9.85. The van der Waals surface area contributed by atoms with Crippen LogP contribution in [0.3, 0.4) is 0 Å². The average Bonchev–Trinajstić information content (AvgIpc) is 3.84. The Morgan fingerprint density at radius 3 is 2.18 bits per heavy atom. The first-order chi connectivity index (χ1) is 21.0. The van der Waals surface area contributed by atoms with Crippen molar-refractivity contribution in [3.05, 3.63) is 20.3 Å². The van der Waals surface area contributed by atoms with Crippen molar-refractivity contribution in [1.29, 1.82) is 0 Å². The van der Waals surface area contributed by atoms with Gasteiger partial charge in [0.2, 0.25) is 0 Å². The van der Waals surface area contributed by atoms with Gasteiger partial charge in [0.15, 0.2) is 29.2 Å². The van der Waals surface area contributed by atoms with E-state index in [-0.39, 0.29) is 50.5 Å². The van der Waals surface area contributed by atoms with Gasteiger partial charge in [-0.3, -0.25) is 4.79 Å². The van der Waals surface area contributed by atoms with Crippen molar-refractivity contribution in [2.45, 2.75) is 112 Å². The highest BCUT2D eigenvalue weighted by molar-refractivity contribution is 14.1. The lowest BCUT2D eigenvalue weighted by Gasteiger charge is -2.34. The minimum absolute atomic E-state index is 0.121. The Morgan fingerprint density at radius 1 is 0.795 bits per heavy atom.